The van der Waals surface area contributed by atoms with Gasteiger partial charge >= 0.3 is 13.8 Å². The summed E-state index contributed by atoms with van der Waals surface area (Å²) in [4.78, 5) is 22.8. The van der Waals surface area contributed by atoms with Crippen molar-refractivity contribution in [3.8, 4) is 0 Å². The second-order valence-electron chi connectivity index (χ2n) is 15.4. The molecule has 2 atom stereocenters. The molecule has 1 N–H and O–H groups in total. The number of carbonyl (C=O) groups is 1. The first kappa shape index (κ1) is 50.7. The number of esters is 1. The van der Waals surface area contributed by atoms with Gasteiger partial charge < -0.3 is 18.9 Å². The molecular weight excluding hydrogens is 673 g/mol. The Hall–Kier alpha value is -1.28. The van der Waals surface area contributed by atoms with Crippen LogP contribution in [-0.4, -0.2) is 75.6 Å². The average molecular weight is 757 g/mol. The lowest BCUT2D eigenvalue weighted by Gasteiger charge is -2.24. The van der Waals surface area contributed by atoms with Gasteiger partial charge in [0.15, 0.2) is 0 Å². The molecule has 0 rings (SSSR count). The van der Waals surface area contributed by atoms with Crippen LogP contribution >= 0.6 is 7.82 Å². The SMILES string of the molecule is CCCCC/C=C\C/C=C\CCCCCCCC(=O)OC(COCCCCCCCC/C=C\CCCCCCC)COP(=O)(O)OCC[N+](C)(C)C. The van der Waals surface area contributed by atoms with Gasteiger partial charge in [0.25, 0.3) is 0 Å². The molecule has 0 saturated heterocycles. The smallest absolute Gasteiger partial charge is 0.457 e. The van der Waals surface area contributed by atoms with Gasteiger partial charge in [0.2, 0.25) is 0 Å². The summed E-state index contributed by atoms with van der Waals surface area (Å²) in [5.74, 6) is -0.330. The van der Waals surface area contributed by atoms with Crippen molar-refractivity contribution in [2.45, 2.75) is 180 Å². The number of likely N-dealkylation sites (N-methyl/N-ethyl adjacent to an activating group) is 1. The van der Waals surface area contributed by atoms with E-state index in [1.165, 1.54) is 96.3 Å². The van der Waals surface area contributed by atoms with Gasteiger partial charge in [0, 0.05) is 13.0 Å². The van der Waals surface area contributed by atoms with E-state index in [0.29, 0.717) is 24.1 Å². The van der Waals surface area contributed by atoms with E-state index in [1.54, 1.807) is 0 Å². The summed E-state index contributed by atoms with van der Waals surface area (Å²) in [7, 11) is 1.65. The topological polar surface area (TPSA) is 91.3 Å². The Morgan fingerprint density at radius 3 is 1.62 bits per heavy atom. The second kappa shape index (κ2) is 36.7. The van der Waals surface area contributed by atoms with Crippen molar-refractivity contribution in [1.82, 2.24) is 0 Å². The van der Waals surface area contributed by atoms with Gasteiger partial charge in [-0.1, -0.05) is 134 Å². The number of carbonyl (C=O) groups excluding carboxylic acids is 1. The number of hydrogen-bond acceptors (Lipinski definition) is 6. The van der Waals surface area contributed by atoms with Crippen molar-refractivity contribution in [3.05, 3.63) is 36.5 Å². The van der Waals surface area contributed by atoms with Gasteiger partial charge in [-0.25, -0.2) is 4.57 Å². The molecule has 0 aromatic heterocycles. The van der Waals surface area contributed by atoms with E-state index in [2.05, 4.69) is 50.3 Å². The van der Waals surface area contributed by atoms with Gasteiger partial charge in [-0.3, -0.25) is 13.8 Å². The first-order valence-corrected chi connectivity index (χ1v) is 22.7. The Kier molecular flexibility index (Phi) is 35.8. The third kappa shape index (κ3) is 39.9. The molecule has 306 valence electrons. The highest BCUT2D eigenvalue weighted by Gasteiger charge is 2.26. The number of nitrogens with zero attached hydrogens (tertiary/aromatic N) is 1. The molecule has 0 aliphatic rings. The predicted octanol–water partition coefficient (Wildman–Crippen LogP) is 12.2. The Bertz CT molecular complexity index is 931. The molecule has 0 bridgehead atoms. The molecule has 0 amide bonds. The molecule has 0 heterocycles. The van der Waals surface area contributed by atoms with Crippen LogP contribution in [0, 0.1) is 0 Å². The third-order valence-electron chi connectivity index (χ3n) is 8.92. The highest BCUT2D eigenvalue weighted by molar-refractivity contribution is 7.47. The molecule has 0 radical (unpaired) electrons. The zero-order valence-electron chi connectivity index (χ0n) is 34.5. The lowest BCUT2D eigenvalue weighted by Crippen LogP contribution is -2.37. The fraction of sp³-hybridized carbons (Fsp3) is 0.837. The summed E-state index contributed by atoms with van der Waals surface area (Å²) in [6, 6.07) is 0. The van der Waals surface area contributed by atoms with E-state index < -0.39 is 13.9 Å². The zero-order chi connectivity index (χ0) is 38.4. The summed E-state index contributed by atoms with van der Waals surface area (Å²) in [6.45, 7) is 5.56. The van der Waals surface area contributed by atoms with Gasteiger partial charge in [-0.15, -0.1) is 0 Å². The number of phosphoric acid groups is 1. The van der Waals surface area contributed by atoms with Crippen LogP contribution in [0.5, 0.6) is 0 Å². The lowest BCUT2D eigenvalue weighted by atomic mass is 10.1. The van der Waals surface area contributed by atoms with Crippen LogP contribution in [0.15, 0.2) is 36.5 Å². The predicted molar refractivity (Wildman–Crippen MR) is 220 cm³/mol. The molecule has 0 aromatic rings. The number of rotatable bonds is 39. The van der Waals surface area contributed by atoms with Crippen molar-refractivity contribution < 1.29 is 37.3 Å². The summed E-state index contributed by atoms with van der Waals surface area (Å²) in [6.07, 6.45) is 41.7. The van der Waals surface area contributed by atoms with Gasteiger partial charge in [0.05, 0.1) is 34.4 Å². The molecule has 0 aliphatic heterocycles. The number of unbranched alkanes of at least 4 members (excludes halogenated alkanes) is 19. The van der Waals surface area contributed by atoms with E-state index >= 15 is 0 Å². The van der Waals surface area contributed by atoms with Gasteiger partial charge in [-0.2, -0.15) is 0 Å². The van der Waals surface area contributed by atoms with Crippen LogP contribution in [-0.2, 0) is 27.9 Å². The van der Waals surface area contributed by atoms with Crippen LogP contribution in [0.25, 0.3) is 0 Å². The van der Waals surface area contributed by atoms with Crippen molar-refractivity contribution in [3.63, 3.8) is 0 Å². The minimum Gasteiger partial charge on any atom is -0.457 e. The van der Waals surface area contributed by atoms with Crippen molar-refractivity contribution in [2.75, 3.05) is 54.1 Å². The van der Waals surface area contributed by atoms with Crippen LogP contribution in [0.3, 0.4) is 0 Å². The number of allylic oxidation sites excluding steroid dienone is 6. The molecule has 0 fully saturated rings. The highest BCUT2D eigenvalue weighted by Crippen LogP contribution is 2.43. The van der Waals surface area contributed by atoms with E-state index in [9.17, 15) is 14.3 Å². The Balaban J connectivity index is 4.29. The number of quaternary nitrogens is 1. The van der Waals surface area contributed by atoms with E-state index in [1.807, 2.05) is 21.1 Å². The molecule has 0 aromatic carbocycles. The maximum absolute atomic E-state index is 12.7. The monoisotopic (exact) mass is 757 g/mol. The summed E-state index contributed by atoms with van der Waals surface area (Å²) in [5, 5.41) is 0. The quantitative estimate of drug-likeness (QED) is 0.0219. The number of hydrogen-bond donors (Lipinski definition) is 1. The van der Waals surface area contributed by atoms with Gasteiger partial charge in [0.1, 0.15) is 19.3 Å². The fourth-order valence-corrected chi connectivity index (χ4v) is 6.32. The zero-order valence-corrected chi connectivity index (χ0v) is 35.4. The Labute approximate surface area is 321 Å². The summed E-state index contributed by atoms with van der Waals surface area (Å²) >= 11 is 0. The average Bonchev–Trinajstić information content (AvgIpc) is 3.09. The van der Waals surface area contributed by atoms with E-state index in [-0.39, 0.29) is 25.8 Å². The van der Waals surface area contributed by atoms with E-state index in [4.69, 9.17) is 18.5 Å². The molecule has 8 nitrogen and oxygen atoms in total. The third-order valence-corrected chi connectivity index (χ3v) is 9.91. The molecule has 0 aliphatic carbocycles. The molecule has 9 heteroatoms. The van der Waals surface area contributed by atoms with Gasteiger partial charge in [-0.05, 0) is 70.6 Å². The first-order valence-electron chi connectivity index (χ1n) is 21.2. The van der Waals surface area contributed by atoms with E-state index in [0.717, 1.165) is 57.8 Å². The minimum atomic E-state index is -4.28. The van der Waals surface area contributed by atoms with Crippen LogP contribution in [0.4, 0.5) is 0 Å². The molecule has 2 unspecified atom stereocenters. The maximum atomic E-state index is 12.7. The number of ether oxygens (including phenoxy) is 2. The Morgan fingerprint density at radius 2 is 1.06 bits per heavy atom. The Morgan fingerprint density at radius 1 is 0.596 bits per heavy atom. The largest absolute Gasteiger partial charge is 0.472 e. The van der Waals surface area contributed by atoms with Crippen LogP contribution in [0.1, 0.15) is 174 Å². The highest BCUT2D eigenvalue weighted by atomic mass is 31.2. The van der Waals surface area contributed by atoms with Crippen molar-refractivity contribution >= 4 is 13.8 Å². The summed E-state index contributed by atoms with van der Waals surface area (Å²) in [5.41, 5.74) is 0. The summed E-state index contributed by atoms with van der Waals surface area (Å²) < 4.78 is 34.9. The molecule has 0 spiro atoms. The minimum absolute atomic E-state index is 0.0843. The van der Waals surface area contributed by atoms with Crippen molar-refractivity contribution in [2.24, 2.45) is 0 Å². The second-order valence-corrected chi connectivity index (χ2v) is 16.8. The maximum Gasteiger partial charge on any atom is 0.472 e. The number of phosphoric ester groups is 1. The first-order chi connectivity index (χ1) is 25.1. The molecule has 52 heavy (non-hydrogen) atoms. The standard InChI is InChI=1S/C43H82NO7P/c1-6-8-10-12-14-16-18-20-22-24-26-28-30-32-34-36-43(45)51-42(41-50-52(46,47)49-39-37-44(3,4)5)40-48-38-35-33-31-29-27-25-23-21-19-17-15-13-11-9-7-2/h14,16,19-22,42H,6-13,15,17-18,23-41H2,1-5H3/p+1/b16-14-,21-19-,22-20-. The van der Waals surface area contributed by atoms with Crippen LogP contribution in [0.2, 0.25) is 0 Å². The molecule has 0 saturated carbocycles. The molecular formula is C43H83NO7P+. The van der Waals surface area contributed by atoms with Crippen molar-refractivity contribution in [1.29, 1.82) is 0 Å². The van der Waals surface area contributed by atoms with Crippen LogP contribution < -0.4 is 0 Å². The lowest BCUT2D eigenvalue weighted by molar-refractivity contribution is -0.870. The fourth-order valence-electron chi connectivity index (χ4n) is 5.58. The normalized spacial score (nSPS) is 14.2.